The Labute approximate surface area is 293 Å². The molecule has 49 heavy (non-hydrogen) atoms. The molecule has 13 heteroatoms. The Kier molecular flexibility index (Phi) is 16.4. The zero-order valence-electron chi connectivity index (χ0n) is 29.0. The van der Waals surface area contributed by atoms with E-state index in [2.05, 4.69) is 12.2 Å². The van der Waals surface area contributed by atoms with Crippen molar-refractivity contribution in [3.63, 3.8) is 0 Å². The Morgan fingerprint density at radius 3 is 2.02 bits per heavy atom. The number of carbonyl (C=O) groups is 5. The molecule has 0 aliphatic carbocycles. The highest BCUT2D eigenvalue weighted by atomic mass is 35.5. The number of hydrogen-bond donors (Lipinski definition) is 1. The van der Waals surface area contributed by atoms with Crippen LogP contribution >= 0.6 is 11.6 Å². The molecule has 2 unspecified atom stereocenters. The second-order valence-electron chi connectivity index (χ2n) is 12.1. The number of halogens is 1. The number of hydrogen-bond acceptors (Lipinski definition) is 10. The summed E-state index contributed by atoms with van der Waals surface area (Å²) in [5, 5.41) is 2.49. The molecule has 0 bridgehead atoms. The van der Waals surface area contributed by atoms with Gasteiger partial charge in [-0.1, -0.05) is 102 Å². The number of anilines is 1. The van der Waals surface area contributed by atoms with Crippen molar-refractivity contribution in [1.82, 2.24) is 4.90 Å². The number of ketones is 1. The molecule has 1 fully saturated rings. The summed E-state index contributed by atoms with van der Waals surface area (Å²) in [7, 11) is 2.56. The first-order chi connectivity index (χ1) is 23.6. The number of furan rings is 1. The van der Waals surface area contributed by atoms with Gasteiger partial charge in [-0.3, -0.25) is 14.4 Å². The van der Waals surface area contributed by atoms with Gasteiger partial charge in [0.1, 0.15) is 6.26 Å². The second-order valence-corrected chi connectivity index (χ2v) is 12.5. The van der Waals surface area contributed by atoms with Gasteiger partial charge in [0, 0.05) is 0 Å². The highest BCUT2D eigenvalue weighted by molar-refractivity contribution is 6.34. The van der Waals surface area contributed by atoms with Crippen molar-refractivity contribution < 1.29 is 47.3 Å². The fourth-order valence-electron chi connectivity index (χ4n) is 5.58. The normalized spacial score (nSPS) is 14.8. The number of rotatable bonds is 23. The number of benzene rings is 1. The largest absolute Gasteiger partial charge is 0.490 e. The molecule has 1 aromatic carbocycles. The number of imide groups is 1. The fraction of sp³-hybridized carbons (Fsp3) is 0.583. The van der Waals surface area contributed by atoms with E-state index >= 15 is 0 Å². The van der Waals surface area contributed by atoms with Crippen molar-refractivity contribution in [3.8, 4) is 11.5 Å². The maximum absolute atomic E-state index is 13.7. The number of amides is 3. The third-order valence-corrected chi connectivity index (χ3v) is 8.70. The quantitative estimate of drug-likeness (QED) is 0.0519. The van der Waals surface area contributed by atoms with Gasteiger partial charge in [0.05, 0.1) is 37.1 Å². The number of esters is 1. The van der Waals surface area contributed by atoms with E-state index in [1.165, 1.54) is 104 Å². The minimum atomic E-state index is -2.07. The minimum absolute atomic E-state index is 0.0315. The maximum atomic E-state index is 13.7. The third-order valence-electron chi connectivity index (χ3n) is 8.37. The predicted octanol–water partition coefficient (Wildman–Crippen LogP) is 8.15. The van der Waals surface area contributed by atoms with Crippen LogP contribution in [0, 0.1) is 0 Å². The van der Waals surface area contributed by atoms with Crippen molar-refractivity contribution in [2.45, 2.75) is 116 Å². The van der Waals surface area contributed by atoms with E-state index in [1.807, 2.05) is 0 Å². The van der Waals surface area contributed by atoms with E-state index in [0.717, 1.165) is 31.9 Å². The van der Waals surface area contributed by atoms with Crippen molar-refractivity contribution in [2.75, 3.05) is 26.1 Å². The molecular weight excluding hydrogens is 656 g/mol. The van der Waals surface area contributed by atoms with Crippen LogP contribution in [0.1, 0.15) is 125 Å². The van der Waals surface area contributed by atoms with Crippen LogP contribution < -0.4 is 14.8 Å². The lowest BCUT2D eigenvalue weighted by atomic mass is 10.0. The number of unbranched alkanes of at least 4 members (excludes halogenated alkanes) is 13. The molecule has 1 saturated heterocycles. The summed E-state index contributed by atoms with van der Waals surface area (Å²) in [4.78, 5) is 65.9. The molecule has 1 aliphatic rings. The summed E-state index contributed by atoms with van der Waals surface area (Å²) < 4.78 is 26.0. The minimum Gasteiger partial charge on any atom is -0.490 e. The van der Waals surface area contributed by atoms with Crippen LogP contribution in [0.4, 0.5) is 10.5 Å². The van der Waals surface area contributed by atoms with Gasteiger partial charge in [0.15, 0.2) is 17.9 Å². The van der Waals surface area contributed by atoms with Gasteiger partial charge in [-0.15, -0.1) is 0 Å². The van der Waals surface area contributed by atoms with Crippen molar-refractivity contribution in [2.24, 2.45) is 0 Å². The Hall–Kier alpha value is -4.06. The molecule has 3 rings (SSSR count). The van der Waals surface area contributed by atoms with Crippen molar-refractivity contribution in [1.29, 1.82) is 0 Å². The van der Waals surface area contributed by atoms with Crippen LogP contribution in [-0.4, -0.2) is 67.5 Å². The molecule has 270 valence electrons. The van der Waals surface area contributed by atoms with Gasteiger partial charge in [-0.25, -0.2) is 14.5 Å². The lowest BCUT2D eigenvalue weighted by molar-refractivity contribution is -0.133. The van der Waals surface area contributed by atoms with E-state index in [9.17, 15) is 24.0 Å². The molecular formula is C36H49ClN2O10. The van der Waals surface area contributed by atoms with Gasteiger partial charge >= 0.3 is 12.1 Å². The van der Waals surface area contributed by atoms with Crippen LogP contribution in [0.15, 0.2) is 28.9 Å². The van der Waals surface area contributed by atoms with Crippen LogP contribution in [0.5, 0.6) is 11.5 Å². The molecule has 0 spiro atoms. The van der Waals surface area contributed by atoms with Gasteiger partial charge < -0.3 is 28.7 Å². The topological polar surface area (TPSA) is 151 Å². The van der Waals surface area contributed by atoms with E-state index in [4.69, 9.17) is 35.0 Å². The fourth-order valence-corrected chi connectivity index (χ4v) is 5.75. The van der Waals surface area contributed by atoms with Gasteiger partial charge in [-0.2, -0.15) is 0 Å². The highest BCUT2D eigenvalue weighted by Crippen LogP contribution is 2.35. The van der Waals surface area contributed by atoms with E-state index in [-0.39, 0.29) is 34.4 Å². The summed E-state index contributed by atoms with van der Waals surface area (Å²) in [5.41, 5.74) is 0.0584. The SMILES string of the molecule is CCCCCCCCCCCCCCCCOC(=O)c1ccc(Cl)c(NC(=O)C(C(=O)c2occ(OC)c2OC)N2C(=O)OC(C)C2=O)c1. The lowest BCUT2D eigenvalue weighted by Gasteiger charge is -2.22. The molecule has 2 heterocycles. The third kappa shape index (κ3) is 11.2. The molecule has 2 aromatic rings. The Balaban J connectivity index is 1.53. The number of Topliss-reactive ketones (excluding diaryl/α,β-unsaturated/α-hetero) is 1. The van der Waals surface area contributed by atoms with E-state index in [1.54, 1.807) is 0 Å². The molecule has 0 radical (unpaired) electrons. The van der Waals surface area contributed by atoms with Crippen LogP contribution in [0.3, 0.4) is 0 Å². The van der Waals surface area contributed by atoms with Gasteiger partial charge in [-0.05, 0) is 31.5 Å². The second kappa shape index (κ2) is 20.5. The number of methoxy groups -OCH3 is 2. The molecule has 12 nitrogen and oxygen atoms in total. The monoisotopic (exact) mass is 704 g/mol. The average molecular weight is 705 g/mol. The molecule has 3 amide bonds. The Morgan fingerprint density at radius 1 is 0.898 bits per heavy atom. The van der Waals surface area contributed by atoms with E-state index < -0.39 is 47.6 Å². The maximum Gasteiger partial charge on any atom is 0.418 e. The van der Waals surface area contributed by atoms with Crippen molar-refractivity contribution >= 4 is 46.9 Å². The lowest BCUT2D eigenvalue weighted by Crippen LogP contribution is -2.52. The highest BCUT2D eigenvalue weighted by Gasteiger charge is 2.50. The summed E-state index contributed by atoms with van der Waals surface area (Å²) >= 11 is 6.32. The van der Waals surface area contributed by atoms with Crippen LogP contribution in [0.25, 0.3) is 0 Å². The van der Waals surface area contributed by atoms with Gasteiger partial charge in [0.2, 0.25) is 17.3 Å². The predicted molar refractivity (Wildman–Crippen MR) is 183 cm³/mol. The number of carbonyl (C=O) groups excluding carboxylic acids is 5. The number of cyclic esters (lactones) is 1. The standard InChI is InChI=1S/C36H49ClN2O10/c1-5-6-7-8-9-10-11-12-13-14-15-16-17-18-21-47-35(43)25-19-20-26(37)27(22-25)38-33(41)29(39-34(42)24(2)49-36(39)44)30(40)32-31(46-4)28(45-3)23-48-32/h19-20,22-24,29H,5-18,21H2,1-4H3,(H,38,41). The van der Waals surface area contributed by atoms with Crippen LogP contribution in [-0.2, 0) is 19.1 Å². The Bertz CT molecular complexity index is 1420. The zero-order chi connectivity index (χ0) is 35.8. The van der Waals surface area contributed by atoms with Gasteiger partial charge in [0.25, 0.3) is 11.8 Å². The summed E-state index contributed by atoms with van der Waals surface area (Å²) in [6.07, 6.45) is 15.7. The molecule has 1 aliphatic heterocycles. The number of nitrogens with one attached hydrogen (secondary N) is 1. The molecule has 1 aromatic heterocycles. The Morgan fingerprint density at radius 2 is 1.49 bits per heavy atom. The molecule has 2 atom stereocenters. The van der Waals surface area contributed by atoms with Crippen molar-refractivity contribution in [3.05, 3.63) is 40.8 Å². The number of ether oxygens (including phenoxy) is 4. The first-order valence-electron chi connectivity index (χ1n) is 17.2. The average Bonchev–Trinajstić information content (AvgIpc) is 3.62. The first kappa shape index (κ1) is 39.4. The molecule has 1 N–H and O–H groups in total. The summed E-state index contributed by atoms with van der Waals surface area (Å²) in [5.74, 6) is -4.28. The summed E-state index contributed by atoms with van der Waals surface area (Å²) in [6.45, 7) is 3.79. The van der Waals surface area contributed by atoms with Crippen LogP contribution in [0.2, 0.25) is 5.02 Å². The summed E-state index contributed by atoms with van der Waals surface area (Å²) in [6, 6.07) is 2.05. The molecule has 0 saturated carbocycles. The van der Waals surface area contributed by atoms with E-state index in [0.29, 0.717) is 4.90 Å². The zero-order valence-corrected chi connectivity index (χ0v) is 29.7. The first-order valence-corrected chi connectivity index (χ1v) is 17.6. The number of nitrogens with zero attached hydrogens (tertiary/aromatic N) is 1. The smallest absolute Gasteiger partial charge is 0.418 e.